The molecule has 6 heteroatoms. The number of rotatable bonds is 5. The highest BCUT2D eigenvalue weighted by molar-refractivity contribution is 5.95. The summed E-state index contributed by atoms with van der Waals surface area (Å²) < 4.78 is 0. The summed E-state index contributed by atoms with van der Waals surface area (Å²) in [6.45, 7) is 1.66. The molecule has 1 aromatic rings. The minimum Gasteiger partial charge on any atom is -0.481 e. The minimum atomic E-state index is -0.891. The summed E-state index contributed by atoms with van der Waals surface area (Å²) >= 11 is 0. The van der Waals surface area contributed by atoms with Crippen molar-refractivity contribution in [2.24, 2.45) is 5.10 Å². The van der Waals surface area contributed by atoms with Gasteiger partial charge in [0, 0.05) is 18.1 Å². The first-order valence-electron chi connectivity index (χ1n) is 5.05. The van der Waals surface area contributed by atoms with Gasteiger partial charge in [-0.3, -0.25) is 14.6 Å². The molecule has 0 unspecified atom stereocenters. The number of hydrogen-bond acceptors (Lipinski definition) is 4. The molecule has 0 aliphatic heterocycles. The second kappa shape index (κ2) is 6.37. The van der Waals surface area contributed by atoms with Gasteiger partial charge in [-0.15, -0.1) is 0 Å². The van der Waals surface area contributed by atoms with Gasteiger partial charge in [0.05, 0.1) is 12.0 Å². The van der Waals surface area contributed by atoms with Gasteiger partial charge in [-0.25, -0.2) is 5.43 Å². The van der Waals surface area contributed by atoms with Crippen molar-refractivity contribution in [2.75, 3.05) is 0 Å². The molecule has 0 fully saturated rings. The van der Waals surface area contributed by atoms with E-state index in [1.807, 2.05) is 0 Å². The van der Waals surface area contributed by atoms with E-state index in [4.69, 9.17) is 5.11 Å². The zero-order valence-corrected chi connectivity index (χ0v) is 9.38. The van der Waals surface area contributed by atoms with Crippen LogP contribution in [0.1, 0.15) is 30.1 Å². The molecule has 0 aromatic carbocycles. The van der Waals surface area contributed by atoms with Gasteiger partial charge in [0.1, 0.15) is 0 Å². The van der Waals surface area contributed by atoms with Crippen molar-refractivity contribution in [3.05, 3.63) is 30.1 Å². The maximum Gasteiger partial charge on any atom is 0.303 e. The molecule has 90 valence electrons. The molecular weight excluding hydrogens is 222 g/mol. The monoisotopic (exact) mass is 235 g/mol. The number of carbonyl (C=O) groups excluding carboxylic acids is 1. The quantitative estimate of drug-likeness (QED) is 0.589. The molecule has 0 aliphatic carbocycles. The Labute approximate surface area is 98.4 Å². The highest BCUT2D eigenvalue weighted by Crippen LogP contribution is 1.96. The van der Waals surface area contributed by atoms with E-state index >= 15 is 0 Å². The topological polar surface area (TPSA) is 91.6 Å². The van der Waals surface area contributed by atoms with Crippen LogP contribution in [0.5, 0.6) is 0 Å². The summed E-state index contributed by atoms with van der Waals surface area (Å²) in [5.41, 5.74) is 3.30. The van der Waals surface area contributed by atoms with E-state index in [-0.39, 0.29) is 12.3 Å². The molecule has 2 N–H and O–H groups in total. The number of amides is 1. The Hall–Kier alpha value is -2.24. The summed E-state index contributed by atoms with van der Waals surface area (Å²) in [7, 11) is 0. The van der Waals surface area contributed by atoms with Gasteiger partial charge in [-0.05, 0) is 25.5 Å². The van der Waals surface area contributed by atoms with Crippen LogP contribution in [0.3, 0.4) is 0 Å². The minimum absolute atomic E-state index is 0.00189. The highest BCUT2D eigenvalue weighted by Gasteiger charge is 2.04. The molecule has 0 radical (unpaired) electrons. The van der Waals surface area contributed by atoms with Crippen molar-refractivity contribution in [3.8, 4) is 0 Å². The molecule has 1 rings (SSSR count). The lowest BCUT2D eigenvalue weighted by Gasteiger charge is -2.01. The van der Waals surface area contributed by atoms with Gasteiger partial charge in [0.25, 0.3) is 5.91 Å². The average Bonchev–Trinajstić information content (AvgIpc) is 2.34. The van der Waals surface area contributed by atoms with Crippen LogP contribution in [0.25, 0.3) is 0 Å². The fourth-order valence-electron chi connectivity index (χ4n) is 1.05. The average molecular weight is 235 g/mol. The fraction of sp³-hybridized carbons (Fsp3) is 0.273. The van der Waals surface area contributed by atoms with E-state index < -0.39 is 5.97 Å². The van der Waals surface area contributed by atoms with E-state index in [0.29, 0.717) is 17.7 Å². The van der Waals surface area contributed by atoms with Crippen molar-refractivity contribution in [1.29, 1.82) is 0 Å². The maximum absolute atomic E-state index is 11.5. The van der Waals surface area contributed by atoms with Crippen molar-refractivity contribution >= 4 is 17.6 Å². The lowest BCUT2D eigenvalue weighted by molar-refractivity contribution is -0.136. The Morgan fingerprint density at radius 2 is 2.24 bits per heavy atom. The van der Waals surface area contributed by atoms with Crippen LogP contribution in [-0.2, 0) is 4.79 Å². The number of hydrazone groups is 1. The summed E-state index contributed by atoms with van der Waals surface area (Å²) in [4.78, 5) is 25.6. The van der Waals surface area contributed by atoms with Crippen LogP contribution >= 0.6 is 0 Å². The third-order valence-corrected chi connectivity index (χ3v) is 1.97. The van der Waals surface area contributed by atoms with Crippen LogP contribution in [0.4, 0.5) is 0 Å². The number of aromatic nitrogens is 1. The second-order valence-electron chi connectivity index (χ2n) is 3.42. The molecule has 0 bridgehead atoms. The first kappa shape index (κ1) is 12.8. The van der Waals surface area contributed by atoms with E-state index in [0.717, 1.165) is 0 Å². The summed E-state index contributed by atoms with van der Waals surface area (Å²) in [5, 5.41) is 12.3. The lowest BCUT2D eigenvalue weighted by atomic mass is 10.2. The first-order chi connectivity index (χ1) is 8.09. The number of aliphatic carboxylic acids is 1. The number of carboxylic acids is 1. The molecule has 0 saturated heterocycles. The molecule has 1 amide bonds. The number of nitrogens with one attached hydrogen (secondary N) is 1. The number of hydrogen-bond donors (Lipinski definition) is 2. The van der Waals surface area contributed by atoms with Crippen molar-refractivity contribution in [2.45, 2.75) is 19.8 Å². The van der Waals surface area contributed by atoms with Gasteiger partial charge < -0.3 is 5.11 Å². The molecular formula is C11H13N3O3. The van der Waals surface area contributed by atoms with Gasteiger partial charge in [0.2, 0.25) is 0 Å². The van der Waals surface area contributed by atoms with E-state index in [2.05, 4.69) is 15.5 Å². The van der Waals surface area contributed by atoms with Crippen LogP contribution < -0.4 is 5.43 Å². The normalized spacial score (nSPS) is 11.0. The molecule has 1 aromatic heterocycles. The van der Waals surface area contributed by atoms with Crippen molar-refractivity contribution in [1.82, 2.24) is 10.4 Å². The predicted octanol–water partition coefficient (Wildman–Crippen LogP) is 1.05. The van der Waals surface area contributed by atoms with Crippen LogP contribution in [0.15, 0.2) is 29.6 Å². The van der Waals surface area contributed by atoms with Gasteiger partial charge in [-0.2, -0.15) is 5.10 Å². The third kappa shape index (κ3) is 4.87. The first-order valence-corrected chi connectivity index (χ1v) is 5.05. The Morgan fingerprint density at radius 1 is 1.47 bits per heavy atom. The largest absolute Gasteiger partial charge is 0.481 e. The maximum atomic E-state index is 11.5. The number of carbonyl (C=O) groups is 2. The molecule has 6 nitrogen and oxygen atoms in total. The molecule has 0 saturated carbocycles. The van der Waals surface area contributed by atoms with Crippen molar-refractivity contribution in [3.63, 3.8) is 0 Å². The van der Waals surface area contributed by atoms with Crippen LogP contribution in [-0.4, -0.2) is 27.7 Å². The van der Waals surface area contributed by atoms with Crippen molar-refractivity contribution < 1.29 is 14.7 Å². The van der Waals surface area contributed by atoms with Gasteiger partial charge in [-0.1, -0.05) is 0 Å². The second-order valence-corrected chi connectivity index (χ2v) is 3.42. The molecule has 0 aliphatic rings. The number of nitrogens with zero attached hydrogens (tertiary/aromatic N) is 2. The van der Waals surface area contributed by atoms with E-state index in [1.165, 1.54) is 6.20 Å². The van der Waals surface area contributed by atoms with E-state index in [9.17, 15) is 9.59 Å². The smallest absolute Gasteiger partial charge is 0.303 e. The zero-order valence-electron chi connectivity index (χ0n) is 9.38. The Bertz CT molecular complexity index is 429. The Kier molecular flexibility index (Phi) is 4.80. The molecule has 0 atom stereocenters. The predicted molar refractivity (Wildman–Crippen MR) is 61.7 cm³/mol. The van der Waals surface area contributed by atoms with Gasteiger partial charge >= 0.3 is 5.97 Å². The lowest BCUT2D eigenvalue weighted by Crippen LogP contribution is -2.19. The standard InChI is InChI=1S/C11H13N3O3/c1-8(4-5-10(15)16)13-14-11(17)9-3-2-6-12-7-9/h2-3,6-7H,4-5H2,1H3,(H,14,17)(H,15,16)/b13-8+. The Balaban J connectivity index is 2.47. The molecule has 17 heavy (non-hydrogen) atoms. The zero-order chi connectivity index (χ0) is 12.7. The number of carboxylic acid groups (broad SMARTS) is 1. The van der Waals surface area contributed by atoms with E-state index in [1.54, 1.807) is 25.3 Å². The molecule has 1 heterocycles. The SMILES string of the molecule is C/C(CCC(=O)O)=N\NC(=O)c1cccnc1. The van der Waals surface area contributed by atoms with Crippen LogP contribution in [0.2, 0.25) is 0 Å². The summed E-state index contributed by atoms with van der Waals surface area (Å²) in [6.07, 6.45) is 3.30. The number of pyridine rings is 1. The summed E-state index contributed by atoms with van der Waals surface area (Å²) in [5.74, 6) is -1.26. The van der Waals surface area contributed by atoms with Crippen LogP contribution in [0, 0.1) is 0 Å². The fourth-order valence-corrected chi connectivity index (χ4v) is 1.05. The highest BCUT2D eigenvalue weighted by atomic mass is 16.4. The Morgan fingerprint density at radius 3 is 2.82 bits per heavy atom. The third-order valence-electron chi connectivity index (χ3n) is 1.97. The molecule has 0 spiro atoms. The summed E-state index contributed by atoms with van der Waals surface area (Å²) in [6, 6.07) is 3.26. The van der Waals surface area contributed by atoms with Gasteiger partial charge in [0.15, 0.2) is 0 Å².